The maximum absolute atomic E-state index is 13.0. The number of carboxylic acids is 1. The van der Waals surface area contributed by atoms with Crippen molar-refractivity contribution in [3.8, 4) is 0 Å². The second kappa shape index (κ2) is 16.0. The van der Waals surface area contributed by atoms with E-state index in [-0.39, 0.29) is 43.9 Å². The summed E-state index contributed by atoms with van der Waals surface area (Å²) < 4.78 is 0. The molecule has 0 saturated carbocycles. The molecule has 0 aromatic carbocycles. The molecule has 16 nitrogen and oxygen atoms in total. The molecule has 4 unspecified atom stereocenters. The van der Waals surface area contributed by atoms with Gasteiger partial charge in [0.25, 0.3) is 0 Å². The fourth-order valence-electron chi connectivity index (χ4n) is 3.06. The largest absolute Gasteiger partial charge is 0.480 e. The molecule has 0 aliphatic heterocycles. The van der Waals surface area contributed by atoms with Gasteiger partial charge in [0.15, 0.2) is 5.96 Å². The van der Waals surface area contributed by atoms with Gasteiger partial charge in [-0.1, -0.05) is 0 Å². The third-order valence-electron chi connectivity index (χ3n) is 5.02. The Hall–Kier alpha value is -3.86. The van der Waals surface area contributed by atoms with E-state index >= 15 is 0 Å². The van der Waals surface area contributed by atoms with Gasteiger partial charge in [-0.3, -0.25) is 24.2 Å². The van der Waals surface area contributed by atoms with Gasteiger partial charge in [0.2, 0.25) is 23.6 Å². The van der Waals surface area contributed by atoms with E-state index in [2.05, 4.69) is 43.5 Å². The summed E-state index contributed by atoms with van der Waals surface area (Å²) in [6.07, 6.45) is 2.99. The molecule has 0 radical (unpaired) electrons. The van der Waals surface area contributed by atoms with Crippen LogP contribution in [0.25, 0.3) is 0 Å². The van der Waals surface area contributed by atoms with E-state index in [4.69, 9.17) is 22.9 Å². The monoisotopic (exact) mass is 542 g/mol. The molecular weight excluding hydrogens is 508 g/mol. The van der Waals surface area contributed by atoms with Crippen LogP contribution in [0.3, 0.4) is 0 Å². The number of hydrogen-bond acceptors (Lipinski definition) is 9. The average molecular weight is 543 g/mol. The van der Waals surface area contributed by atoms with Crippen LogP contribution in [-0.2, 0) is 30.4 Å². The Bertz CT molecular complexity index is 953. The van der Waals surface area contributed by atoms with E-state index in [1.165, 1.54) is 12.5 Å². The molecule has 13 N–H and O–H groups in total. The Morgan fingerprint density at radius 1 is 1.00 bits per heavy atom. The zero-order valence-electron chi connectivity index (χ0n) is 20.1. The van der Waals surface area contributed by atoms with Crippen LogP contribution in [0.5, 0.6) is 0 Å². The van der Waals surface area contributed by atoms with Crippen LogP contribution >= 0.6 is 12.6 Å². The summed E-state index contributed by atoms with van der Waals surface area (Å²) in [5, 5.41) is 16.5. The summed E-state index contributed by atoms with van der Waals surface area (Å²) in [5.41, 5.74) is 22.2. The Balaban J connectivity index is 2.88. The third-order valence-corrected chi connectivity index (χ3v) is 5.38. The number of aliphatic imine (C=N–C) groups is 1. The number of hydrogen-bond donors (Lipinski definition) is 10. The van der Waals surface area contributed by atoms with Gasteiger partial charge in [-0.15, -0.1) is 0 Å². The molecule has 1 rings (SSSR count). The van der Waals surface area contributed by atoms with Crippen LogP contribution in [0, 0.1) is 0 Å². The van der Waals surface area contributed by atoms with Gasteiger partial charge in [0.1, 0.15) is 18.1 Å². The molecule has 37 heavy (non-hydrogen) atoms. The molecule has 17 heteroatoms. The number of carbonyl (C=O) groups is 5. The van der Waals surface area contributed by atoms with Gasteiger partial charge in [-0.05, 0) is 19.3 Å². The van der Waals surface area contributed by atoms with E-state index in [1.807, 2.05) is 0 Å². The van der Waals surface area contributed by atoms with Crippen LogP contribution in [0.15, 0.2) is 17.5 Å². The molecule has 0 aliphatic rings. The average Bonchev–Trinajstić information content (AvgIpc) is 3.34. The fraction of sp³-hybridized carbons (Fsp3) is 0.550. The molecule has 0 spiro atoms. The van der Waals surface area contributed by atoms with Crippen molar-refractivity contribution in [1.82, 2.24) is 25.9 Å². The highest BCUT2D eigenvalue weighted by Crippen LogP contribution is 2.04. The Kier molecular flexibility index (Phi) is 13.5. The second-order valence-corrected chi connectivity index (χ2v) is 8.41. The molecule has 4 amide bonds. The van der Waals surface area contributed by atoms with Crippen LogP contribution in [0.1, 0.15) is 31.4 Å². The zero-order valence-corrected chi connectivity index (χ0v) is 20.9. The number of amides is 4. The SMILES string of the molecule is NC(=O)CCC(NC(=O)C(CS)NC(=O)C(CCCN=C(N)N)NC(=O)C(N)Cc1cnc[nH]1)C(=O)O. The van der Waals surface area contributed by atoms with Crippen molar-refractivity contribution < 1.29 is 29.1 Å². The van der Waals surface area contributed by atoms with Crippen molar-refractivity contribution in [2.45, 2.75) is 56.3 Å². The number of H-pyrrole nitrogens is 1. The number of nitrogens with zero attached hydrogens (tertiary/aromatic N) is 2. The molecule has 0 saturated heterocycles. The van der Waals surface area contributed by atoms with E-state index in [1.54, 1.807) is 0 Å². The Morgan fingerprint density at radius 3 is 2.16 bits per heavy atom. The highest BCUT2D eigenvalue weighted by atomic mass is 32.1. The lowest BCUT2D eigenvalue weighted by Gasteiger charge is -2.24. The minimum atomic E-state index is -1.41. The fourth-order valence-corrected chi connectivity index (χ4v) is 3.32. The minimum Gasteiger partial charge on any atom is -0.480 e. The number of guanidine groups is 1. The first-order chi connectivity index (χ1) is 17.4. The number of aliphatic carboxylic acids is 1. The standard InChI is InChI=1S/C20H34N10O6S/c21-11(6-10-7-25-9-27-10)16(32)28-12(2-1-5-26-20(23)24)17(33)30-14(8-37)18(34)29-13(19(35)36)3-4-15(22)31/h7,9,11-14,37H,1-6,8,21H2,(H2,22,31)(H,25,27)(H,28,32)(H,29,34)(H,30,33)(H,35,36)(H4,23,24,26). The van der Waals surface area contributed by atoms with Crippen molar-refractivity contribution in [2.75, 3.05) is 12.3 Å². The molecule has 1 heterocycles. The predicted octanol–water partition coefficient (Wildman–Crippen LogP) is -3.93. The first-order valence-electron chi connectivity index (χ1n) is 11.3. The molecule has 0 aliphatic carbocycles. The van der Waals surface area contributed by atoms with Crippen molar-refractivity contribution >= 4 is 48.2 Å². The Morgan fingerprint density at radius 2 is 1.62 bits per heavy atom. The maximum atomic E-state index is 13.0. The summed E-state index contributed by atoms with van der Waals surface area (Å²) >= 11 is 4.06. The number of imidazole rings is 1. The van der Waals surface area contributed by atoms with Crippen molar-refractivity contribution in [2.24, 2.45) is 27.9 Å². The lowest BCUT2D eigenvalue weighted by atomic mass is 10.1. The van der Waals surface area contributed by atoms with Crippen molar-refractivity contribution in [3.05, 3.63) is 18.2 Å². The highest BCUT2D eigenvalue weighted by Gasteiger charge is 2.29. The maximum Gasteiger partial charge on any atom is 0.326 e. The summed E-state index contributed by atoms with van der Waals surface area (Å²) in [6.45, 7) is 0.179. The smallest absolute Gasteiger partial charge is 0.326 e. The van der Waals surface area contributed by atoms with E-state index in [0.29, 0.717) is 12.1 Å². The normalized spacial score (nSPS) is 13.9. The number of aromatic amines is 1. The van der Waals surface area contributed by atoms with Crippen LogP contribution < -0.4 is 38.9 Å². The summed E-state index contributed by atoms with van der Waals surface area (Å²) in [7, 11) is 0. The Labute approximate surface area is 218 Å². The molecule has 0 bridgehead atoms. The number of carbonyl (C=O) groups excluding carboxylic acids is 4. The van der Waals surface area contributed by atoms with Crippen LogP contribution in [0.4, 0.5) is 0 Å². The third kappa shape index (κ3) is 12.1. The quantitative estimate of drug-likeness (QED) is 0.0394. The van der Waals surface area contributed by atoms with Crippen molar-refractivity contribution in [1.29, 1.82) is 0 Å². The van der Waals surface area contributed by atoms with Gasteiger partial charge in [0.05, 0.1) is 12.4 Å². The van der Waals surface area contributed by atoms with Gasteiger partial charge in [0, 0.05) is 37.0 Å². The lowest BCUT2D eigenvalue weighted by molar-refractivity contribution is -0.142. The molecule has 1 aromatic heterocycles. The predicted molar refractivity (Wildman–Crippen MR) is 136 cm³/mol. The van der Waals surface area contributed by atoms with Gasteiger partial charge < -0.3 is 49.0 Å². The van der Waals surface area contributed by atoms with Crippen molar-refractivity contribution in [3.63, 3.8) is 0 Å². The molecular formula is C20H34N10O6S. The number of primary amides is 1. The first-order valence-corrected chi connectivity index (χ1v) is 11.9. The van der Waals surface area contributed by atoms with E-state index in [0.717, 1.165) is 0 Å². The lowest BCUT2D eigenvalue weighted by Crippen LogP contribution is -2.57. The van der Waals surface area contributed by atoms with Crippen LogP contribution in [0.2, 0.25) is 0 Å². The van der Waals surface area contributed by atoms with E-state index in [9.17, 15) is 29.1 Å². The minimum absolute atomic E-state index is 0.0996. The zero-order chi connectivity index (χ0) is 28.0. The number of carboxylic acid groups (broad SMARTS) is 1. The number of thiol groups is 1. The summed E-state index contributed by atoms with van der Waals surface area (Å²) in [6, 6.07) is -4.77. The topological polar surface area (TPSA) is 287 Å². The molecule has 206 valence electrons. The van der Waals surface area contributed by atoms with Gasteiger partial charge >= 0.3 is 5.97 Å². The second-order valence-electron chi connectivity index (χ2n) is 8.05. The van der Waals surface area contributed by atoms with Gasteiger partial charge in [-0.2, -0.15) is 12.6 Å². The first kappa shape index (κ1) is 31.2. The molecule has 1 aromatic rings. The molecule has 0 fully saturated rings. The number of nitrogens with two attached hydrogens (primary N) is 4. The number of aromatic nitrogens is 2. The number of rotatable bonds is 17. The van der Waals surface area contributed by atoms with Gasteiger partial charge in [-0.25, -0.2) is 9.78 Å². The highest BCUT2D eigenvalue weighted by molar-refractivity contribution is 7.80. The number of nitrogens with one attached hydrogen (secondary N) is 4. The van der Waals surface area contributed by atoms with E-state index < -0.39 is 53.8 Å². The summed E-state index contributed by atoms with van der Waals surface area (Å²) in [4.78, 5) is 71.2. The summed E-state index contributed by atoms with van der Waals surface area (Å²) in [5.74, 6) is -4.64. The molecule has 4 atom stereocenters. The van der Waals surface area contributed by atoms with Crippen LogP contribution in [-0.4, -0.2) is 87.1 Å².